The number of carbonyl (C=O) groups is 1. The van der Waals surface area contributed by atoms with Crippen LogP contribution in [0.25, 0.3) is 10.2 Å². The van der Waals surface area contributed by atoms with Gasteiger partial charge in [-0.3, -0.25) is 4.79 Å². The van der Waals surface area contributed by atoms with Crippen molar-refractivity contribution in [3.05, 3.63) is 35.7 Å². The van der Waals surface area contributed by atoms with Gasteiger partial charge in [-0.05, 0) is 42.5 Å². The predicted octanol–water partition coefficient (Wildman–Crippen LogP) is 2.80. The first-order valence-corrected chi connectivity index (χ1v) is 14.1. The molecule has 1 amide bonds. The topological polar surface area (TPSA) is 114 Å². The molecule has 1 N–H and O–H groups in total. The number of nitrogens with zero attached hydrogens (tertiary/aromatic N) is 2. The van der Waals surface area contributed by atoms with Gasteiger partial charge in [0.15, 0.2) is 15.0 Å². The summed E-state index contributed by atoms with van der Waals surface area (Å²) in [5, 5.41) is 4.92. The number of sulfone groups is 1. The molecule has 3 heterocycles. The summed E-state index contributed by atoms with van der Waals surface area (Å²) in [6.07, 6.45) is 2.00. The minimum atomic E-state index is -3.50. The van der Waals surface area contributed by atoms with Crippen LogP contribution in [0.1, 0.15) is 12.8 Å². The number of hydrogen-bond donors (Lipinski definition) is 1. The van der Waals surface area contributed by atoms with Crippen LogP contribution in [0.2, 0.25) is 0 Å². The van der Waals surface area contributed by atoms with E-state index in [2.05, 4.69) is 10.3 Å². The second-order valence-electron chi connectivity index (χ2n) is 7.02. The summed E-state index contributed by atoms with van der Waals surface area (Å²) in [4.78, 5) is 17.2. The molecular weight excluding hydrogens is 466 g/mol. The van der Waals surface area contributed by atoms with E-state index in [1.807, 2.05) is 0 Å². The van der Waals surface area contributed by atoms with Crippen LogP contribution in [-0.2, 0) is 24.7 Å². The highest BCUT2D eigenvalue weighted by molar-refractivity contribution is 7.91. The Morgan fingerprint density at radius 2 is 1.90 bits per heavy atom. The van der Waals surface area contributed by atoms with E-state index >= 15 is 0 Å². The predicted molar refractivity (Wildman–Crippen MR) is 117 cm³/mol. The van der Waals surface area contributed by atoms with Crippen molar-refractivity contribution in [2.24, 2.45) is 5.92 Å². The van der Waals surface area contributed by atoms with E-state index in [1.54, 1.807) is 29.6 Å². The molecule has 8 nitrogen and oxygen atoms in total. The fourth-order valence-corrected chi connectivity index (χ4v) is 7.54. The number of carbonyl (C=O) groups excluding carboxylic acids is 1. The van der Waals surface area contributed by atoms with Gasteiger partial charge in [-0.15, -0.1) is 11.3 Å². The summed E-state index contributed by atoms with van der Waals surface area (Å²) in [6.45, 7) is 0.575. The lowest BCUT2D eigenvalue weighted by atomic mass is 9.97. The second-order valence-corrected chi connectivity index (χ2v) is 13.2. The third-order valence-electron chi connectivity index (χ3n) is 4.93. The number of aromatic nitrogens is 1. The van der Waals surface area contributed by atoms with Crippen LogP contribution in [0, 0.1) is 5.92 Å². The largest absolute Gasteiger partial charge is 0.302 e. The number of anilines is 1. The lowest BCUT2D eigenvalue weighted by Gasteiger charge is -2.29. The molecule has 4 rings (SSSR count). The maximum atomic E-state index is 12.6. The van der Waals surface area contributed by atoms with Gasteiger partial charge >= 0.3 is 0 Å². The van der Waals surface area contributed by atoms with Crippen LogP contribution in [0.15, 0.2) is 44.8 Å². The molecule has 0 radical (unpaired) electrons. The number of piperidine rings is 1. The number of hydrogen-bond acceptors (Lipinski definition) is 8. The van der Waals surface area contributed by atoms with Crippen LogP contribution in [0.4, 0.5) is 5.13 Å². The van der Waals surface area contributed by atoms with Crippen molar-refractivity contribution in [2.75, 3.05) is 24.7 Å². The van der Waals surface area contributed by atoms with Crippen LogP contribution >= 0.6 is 22.7 Å². The Morgan fingerprint density at radius 3 is 2.53 bits per heavy atom. The quantitative estimate of drug-likeness (QED) is 0.594. The third-order valence-corrected chi connectivity index (χ3v) is 10.2. The molecule has 0 unspecified atom stereocenters. The van der Waals surface area contributed by atoms with E-state index < -0.39 is 19.9 Å². The summed E-state index contributed by atoms with van der Waals surface area (Å²) < 4.78 is 51.0. The normalized spacial score (nSPS) is 16.7. The molecule has 0 saturated carbocycles. The van der Waals surface area contributed by atoms with E-state index in [1.165, 1.54) is 33.0 Å². The van der Waals surface area contributed by atoms with Gasteiger partial charge in [0.1, 0.15) is 4.21 Å². The molecule has 1 aliphatic rings. The summed E-state index contributed by atoms with van der Waals surface area (Å²) in [5.74, 6) is -0.510. The Bertz CT molecular complexity index is 1290. The minimum absolute atomic E-state index is 0.203. The van der Waals surface area contributed by atoms with Gasteiger partial charge in [0.2, 0.25) is 5.91 Å². The van der Waals surface area contributed by atoms with Crippen molar-refractivity contribution in [1.82, 2.24) is 9.29 Å². The van der Waals surface area contributed by atoms with Crippen LogP contribution in [0.3, 0.4) is 0 Å². The van der Waals surface area contributed by atoms with Gasteiger partial charge in [0.25, 0.3) is 10.0 Å². The molecule has 1 aromatic carbocycles. The average Bonchev–Trinajstić information content (AvgIpc) is 3.36. The van der Waals surface area contributed by atoms with E-state index in [4.69, 9.17) is 0 Å². The summed E-state index contributed by atoms with van der Waals surface area (Å²) in [5.41, 5.74) is 0.611. The zero-order valence-electron chi connectivity index (χ0n) is 15.9. The minimum Gasteiger partial charge on any atom is -0.302 e. The number of thiazole rings is 1. The maximum absolute atomic E-state index is 12.6. The summed E-state index contributed by atoms with van der Waals surface area (Å²) in [7, 11) is -6.82. The molecule has 1 saturated heterocycles. The maximum Gasteiger partial charge on any atom is 0.252 e. The van der Waals surface area contributed by atoms with Crippen LogP contribution in [0.5, 0.6) is 0 Å². The monoisotopic (exact) mass is 485 g/mol. The lowest BCUT2D eigenvalue weighted by Crippen LogP contribution is -2.41. The van der Waals surface area contributed by atoms with E-state index in [0.717, 1.165) is 6.26 Å². The Morgan fingerprint density at radius 1 is 1.17 bits per heavy atom. The van der Waals surface area contributed by atoms with Crippen molar-refractivity contribution in [2.45, 2.75) is 21.9 Å². The Kier molecular flexibility index (Phi) is 5.70. The number of rotatable bonds is 5. The second kappa shape index (κ2) is 8.00. The number of amides is 1. The van der Waals surface area contributed by atoms with Crippen molar-refractivity contribution >= 4 is 63.8 Å². The number of fused-ring (bicyclic) bond motifs is 1. The fourth-order valence-electron chi connectivity index (χ4n) is 3.29. The molecule has 0 bridgehead atoms. The number of sulfonamides is 1. The molecule has 0 spiro atoms. The van der Waals surface area contributed by atoms with Crippen LogP contribution in [-0.4, -0.2) is 51.4 Å². The highest BCUT2D eigenvalue weighted by atomic mass is 32.2. The number of benzene rings is 1. The number of thiophene rings is 1. The fraction of sp³-hybridized carbons (Fsp3) is 0.333. The van der Waals surface area contributed by atoms with Gasteiger partial charge in [-0.25, -0.2) is 21.8 Å². The van der Waals surface area contributed by atoms with Gasteiger partial charge in [-0.2, -0.15) is 4.31 Å². The summed E-state index contributed by atoms with van der Waals surface area (Å²) >= 11 is 2.39. The van der Waals surface area contributed by atoms with Crippen molar-refractivity contribution in [3.8, 4) is 0 Å². The molecule has 30 heavy (non-hydrogen) atoms. The lowest BCUT2D eigenvalue weighted by molar-refractivity contribution is -0.120. The SMILES string of the molecule is CS(=O)(=O)c1ccc2nc(NC(=O)C3CCN(S(=O)(=O)c4cccs4)CC3)sc2c1. The van der Waals surface area contributed by atoms with Crippen LogP contribution < -0.4 is 5.32 Å². The first-order valence-electron chi connectivity index (χ1n) is 9.10. The Balaban J connectivity index is 1.41. The van der Waals surface area contributed by atoms with Gasteiger partial charge in [-0.1, -0.05) is 17.4 Å². The third kappa shape index (κ3) is 4.28. The first kappa shape index (κ1) is 21.4. The van der Waals surface area contributed by atoms with E-state index in [9.17, 15) is 21.6 Å². The first-order chi connectivity index (χ1) is 14.1. The molecule has 0 aliphatic carbocycles. The molecular formula is C18H19N3O5S4. The molecule has 2 aromatic heterocycles. The molecule has 0 atom stereocenters. The zero-order valence-corrected chi connectivity index (χ0v) is 19.2. The standard InChI is InChI=1S/C18H19N3O5S4/c1-29(23,24)13-4-5-14-15(11-13)28-18(19-14)20-17(22)12-6-8-21(9-7-12)30(25,26)16-3-2-10-27-16/h2-5,10-12H,6-9H2,1H3,(H,19,20,22). The highest BCUT2D eigenvalue weighted by Gasteiger charge is 2.32. The van der Waals surface area contributed by atoms with E-state index in [-0.39, 0.29) is 29.8 Å². The highest BCUT2D eigenvalue weighted by Crippen LogP contribution is 2.30. The molecule has 1 aliphatic heterocycles. The smallest absolute Gasteiger partial charge is 0.252 e. The van der Waals surface area contributed by atoms with Crippen molar-refractivity contribution < 1.29 is 21.6 Å². The van der Waals surface area contributed by atoms with Gasteiger partial charge in [0, 0.05) is 25.3 Å². The average molecular weight is 486 g/mol. The Labute approximate surface area is 182 Å². The van der Waals surface area contributed by atoms with Gasteiger partial charge in [0.05, 0.1) is 15.1 Å². The molecule has 12 heteroatoms. The zero-order chi connectivity index (χ0) is 21.5. The van der Waals surface area contributed by atoms with Crippen molar-refractivity contribution in [3.63, 3.8) is 0 Å². The molecule has 160 valence electrons. The summed E-state index contributed by atoms with van der Waals surface area (Å²) in [6, 6.07) is 7.94. The number of nitrogens with one attached hydrogen (secondary N) is 1. The molecule has 3 aromatic rings. The van der Waals surface area contributed by atoms with E-state index in [0.29, 0.717) is 32.4 Å². The van der Waals surface area contributed by atoms with Crippen molar-refractivity contribution in [1.29, 1.82) is 0 Å². The molecule has 1 fully saturated rings. The Hall–Kier alpha value is -1.86. The van der Waals surface area contributed by atoms with Gasteiger partial charge < -0.3 is 5.32 Å².